The number of carbonyl (C=O) groups is 2. The lowest BCUT2D eigenvalue weighted by molar-refractivity contribution is -0.157. The van der Waals surface area contributed by atoms with E-state index in [-0.39, 0.29) is 24.8 Å². The van der Waals surface area contributed by atoms with Crippen molar-refractivity contribution in [1.82, 2.24) is 5.32 Å². The molecule has 0 radical (unpaired) electrons. The largest absolute Gasteiger partial charge is 0.460 e. The first-order valence-corrected chi connectivity index (χ1v) is 23.9. The van der Waals surface area contributed by atoms with Crippen LogP contribution in [0.1, 0.15) is 54.4 Å². The maximum absolute atomic E-state index is 11.6. The summed E-state index contributed by atoms with van der Waals surface area (Å²) < 4.78 is 98.2. The second-order valence-electron chi connectivity index (χ2n) is 16.2. The molecule has 0 saturated carbocycles. The molecule has 0 heterocycles. The molecule has 0 fully saturated rings. The Bertz CT molecular complexity index is 957. The number of ether oxygens (including phenoxy) is 18. The van der Waals surface area contributed by atoms with Crippen LogP contribution in [0.3, 0.4) is 0 Å². The molecule has 0 unspecified atom stereocenters. The molecule has 21 nitrogen and oxygen atoms in total. The maximum Gasteiger partial charge on any atom is 0.308 e. The van der Waals surface area contributed by atoms with Gasteiger partial charge in [-0.15, -0.1) is 0 Å². The highest BCUT2D eigenvalue weighted by Gasteiger charge is 2.16. The second kappa shape index (κ2) is 50.6. The fourth-order valence-electron chi connectivity index (χ4n) is 4.79. The quantitative estimate of drug-likeness (QED) is 0.0684. The molecule has 1 N–H and O–H groups in total. The number of esters is 2. The van der Waals surface area contributed by atoms with Gasteiger partial charge in [-0.2, -0.15) is 0 Å². The molecule has 0 atom stereocenters. The molecular weight excluding hydrogens is 886 g/mol. The smallest absolute Gasteiger partial charge is 0.308 e. The van der Waals surface area contributed by atoms with Crippen LogP contribution in [-0.2, 0) is 94.9 Å². The van der Waals surface area contributed by atoms with Gasteiger partial charge >= 0.3 is 11.9 Å². The van der Waals surface area contributed by atoms with Gasteiger partial charge in [-0.25, -0.2) is 0 Å². The van der Waals surface area contributed by atoms with Gasteiger partial charge in [0.2, 0.25) is 0 Å². The molecule has 0 rings (SSSR count). The van der Waals surface area contributed by atoms with Gasteiger partial charge in [0.15, 0.2) is 0 Å². The topological polar surface area (TPSA) is 212 Å². The molecule has 0 aliphatic rings. The normalized spacial score (nSPS) is 12.0. The minimum absolute atomic E-state index is 0.226. The molecule has 0 spiro atoms. The molecule has 400 valence electrons. The van der Waals surface area contributed by atoms with Gasteiger partial charge < -0.3 is 90.6 Å². The predicted octanol–water partition coefficient (Wildman–Crippen LogP) is 2.31. The van der Waals surface area contributed by atoms with Crippen molar-refractivity contribution in [3.63, 3.8) is 0 Å². The number of hydrogen-bond donors (Lipinski definition) is 1. The summed E-state index contributed by atoms with van der Waals surface area (Å²) in [6, 6.07) is 0. The average Bonchev–Trinajstić information content (AvgIpc) is 3.26. The third kappa shape index (κ3) is 60.3. The summed E-state index contributed by atoms with van der Waals surface area (Å²) in [4.78, 5) is 23.2. The van der Waals surface area contributed by atoms with E-state index in [1.165, 1.54) is 0 Å². The Morgan fingerprint density at radius 1 is 0.254 bits per heavy atom. The van der Waals surface area contributed by atoms with Crippen molar-refractivity contribution in [3.8, 4) is 0 Å². The highest BCUT2D eigenvalue weighted by molar-refractivity contribution is 5.70. The van der Waals surface area contributed by atoms with Crippen molar-refractivity contribution < 1.29 is 94.9 Å². The van der Waals surface area contributed by atoms with Crippen LogP contribution in [0.25, 0.3) is 0 Å². The fraction of sp³-hybridized carbons (Fsp3) is 0.957. The molecule has 0 bridgehead atoms. The maximum atomic E-state index is 11.6. The van der Waals surface area contributed by atoms with Crippen LogP contribution in [0.2, 0.25) is 0 Å². The lowest BCUT2D eigenvalue weighted by atomic mass is 10.2. The van der Waals surface area contributed by atoms with Crippen molar-refractivity contribution in [3.05, 3.63) is 0 Å². The van der Waals surface area contributed by atoms with Crippen LogP contribution in [0.15, 0.2) is 0 Å². The summed E-state index contributed by atoms with van der Waals surface area (Å²) in [5.74, 6) is -0.538. The Hall–Kier alpha value is -1.74. The van der Waals surface area contributed by atoms with Gasteiger partial charge in [-0.05, 0) is 41.5 Å². The zero-order chi connectivity index (χ0) is 49.0. The Morgan fingerprint density at radius 2 is 0.403 bits per heavy atom. The summed E-state index contributed by atoms with van der Waals surface area (Å²) in [5, 5.41) is 3.28. The Morgan fingerprint density at radius 3 is 0.567 bits per heavy atom. The molecule has 21 heteroatoms. The van der Waals surface area contributed by atoms with Crippen LogP contribution < -0.4 is 5.32 Å². The minimum Gasteiger partial charge on any atom is -0.460 e. The Labute approximate surface area is 401 Å². The molecule has 0 aromatic rings. The summed E-state index contributed by atoms with van der Waals surface area (Å²) in [7, 11) is 0. The van der Waals surface area contributed by atoms with Crippen molar-refractivity contribution >= 4 is 11.9 Å². The van der Waals surface area contributed by atoms with Crippen molar-refractivity contribution in [2.45, 2.75) is 65.6 Å². The van der Waals surface area contributed by atoms with Crippen molar-refractivity contribution in [2.75, 3.05) is 225 Å². The van der Waals surface area contributed by atoms with E-state index < -0.39 is 11.2 Å². The van der Waals surface area contributed by atoms with Crippen LogP contribution in [0.4, 0.5) is 0 Å². The summed E-state index contributed by atoms with van der Waals surface area (Å²) in [5.41, 5.74) is -0.961. The van der Waals surface area contributed by atoms with Gasteiger partial charge in [-0.3, -0.25) is 9.59 Å². The highest BCUT2D eigenvalue weighted by Crippen LogP contribution is 2.09. The third-order valence-corrected chi connectivity index (χ3v) is 7.80. The van der Waals surface area contributed by atoms with Crippen LogP contribution in [0, 0.1) is 0 Å². The zero-order valence-electron chi connectivity index (χ0n) is 42.1. The Kier molecular flexibility index (Phi) is 49.3. The number of carbonyl (C=O) groups excluding carboxylic acids is 2. The Balaban J connectivity index is 3.12. The van der Waals surface area contributed by atoms with Gasteiger partial charge in [0.25, 0.3) is 0 Å². The molecule has 67 heavy (non-hydrogen) atoms. The predicted molar refractivity (Wildman–Crippen MR) is 247 cm³/mol. The lowest BCUT2D eigenvalue weighted by Gasteiger charge is -2.19. The molecular formula is C46H91NO20. The van der Waals surface area contributed by atoms with E-state index >= 15 is 0 Å². The average molecular weight is 978 g/mol. The first kappa shape index (κ1) is 65.3. The minimum atomic E-state index is -0.481. The van der Waals surface area contributed by atoms with Crippen LogP contribution in [0.5, 0.6) is 0 Å². The molecule has 0 amide bonds. The third-order valence-electron chi connectivity index (χ3n) is 7.80. The molecule has 0 aliphatic heterocycles. The highest BCUT2D eigenvalue weighted by atomic mass is 16.6. The van der Waals surface area contributed by atoms with Crippen LogP contribution in [-0.4, -0.2) is 248 Å². The number of hydrogen-bond acceptors (Lipinski definition) is 21. The summed E-state index contributed by atoms with van der Waals surface area (Å²) in [6.45, 7) is 27.7. The van der Waals surface area contributed by atoms with E-state index in [4.69, 9.17) is 85.3 Å². The first-order chi connectivity index (χ1) is 32.5. The molecule has 0 saturated heterocycles. The van der Waals surface area contributed by atoms with Crippen molar-refractivity contribution in [1.29, 1.82) is 0 Å². The van der Waals surface area contributed by atoms with E-state index in [1.807, 2.05) is 41.5 Å². The molecule has 0 aromatic carbocycles. The van der Waals surface area contributed by atoms with E-state index in [0.29, 0.717) is 211 Å². The van der Waals surface area contributed by atoms with E-state index in [2.05, 4.69) is 5.32 Å². The standard InChI is InChI=1S/C46H91NO20/c1-45(2,3)66-43(48)7-11-50-15-19-54-23-27-58-31-35-62-39-41-64-37-33-60-29-25-56-21-17-52-13-9-47-10-14-53-18-22-57-26-30-61-34-38-65-42-40-63-36-32-59-28-24-55-20-16-51-12-8-44(49)67-46(4,5)6/h47H,7-42H2,1-6H3. The summed E-state index contributed by atoms with van der Waals surface area (Å²) >= 11 is 0. The van der Waals surface area contributed by atoms with Gasteiger partial charge in [-0.1, -0.05) is 0 Å². The first-order valence-electron chi connectivity index (χ1n) is 23.9. The zero-order valence-corrected chi connectivity index (χ0v) is 42.1. The lowest BCUT2D eigenvalue weighted by Crippen LogP contribution is -2.25. The van der Waals surface area contributed by atoms with E-state index in [0.717, 1.165) is 13.1 Å². The molecule has 0 aliphatic carbocycles. The SMILES string of the molecule is CC(C)(C)OC(=O)CCOCCOCCOCCOCCOCCOCCOCCOCCNCCOCCOCCOCCOCCOCCOCCOCCOCCC(=O)OC(C)(C)C. The molecule has 0 aromatic heterocycles. The van der Waals surface area contributed by atoms with E-state index in [9.17, 15) is 9.59 Å². The van der Waals surface area contributed by atoms with Crippen molar-refractivity contribution in [2.24, 2.45) is 0 Å². The van der Waals surface area contributed by atoms with Gasteiger partial charge in [0.1, 0.15) is 11.2 Å². The summed E-state index contributed by atoms with van der Waals surface area (Å²) in [6.07, 6.45) is 0.452. The fourth-order valence-corrected chi connectivity index (χ4v) is 4.79. The number of nitrogens with one attached hydrogen (secondary N) is 1. The monoisotopic (exact) mass is 978 g/mol. The second-order valence-corrected chi connectivity index (χ2v) is 16.2. The van der Waals surface area contributed by atoms with E-state index in [1.54, 1.807) is 0 Å². The number of rotatable bonds is 54. The van der Waals surface area contributed by atoms with Crippen LogP contribution >= 0.6 is 0 Å². The van der Waals surface area contributed by atoms with Gasteiger partial charge in [0, 0.05) is 13.1 Å². The van der Waals surface area contributed by atoms with Gasteiger partial charge in [0.05, 0.1) is 224 Å².